The zero-order valence-corrected chi connectivity index (χ0v) is 15.0. The maximum atomic E-state index is 12.8. The number of amides is 1. The lowest BCUT2D eigenvalue weighted by molar-refractivity contribution is -0.140. The SMILES string of the molecule is Cc1ccc2c(c1)N(S(C)(=O)=O)CC(C(=O)N1CCN(C)CC1)O2. The van der Waals surface area contributed by atoms with Crippen molar-refractivity contribution >= 4 is 21.6 Å². The van der Waals surface area contributed by atoms with E-state index >= 15 is 0 Å². The molecule has 1 unspecified atom stereocenters. The highest BCUT2D eigenvalue weighted by atomic mass is 32.2. The lowest BCUT2D eigenvalue weighted by atomic mass is 10.1. The fourth-order valence-corrected chi connectivity index (χ4v) is 3.94. The molecule has 0 radical (unpaired) electrons. The normalized spacial score (nSPS) is 22.0. The van der Waals surface area contributed by atoms with Crippen molar-refractivity contribution in [2.45, 2.75) is 13.0 Å². The summed E-state index contributed by atoms with van der Waals surface area (Å²) < 4.78 is 31.5. The van der Waals surface area contributed by atoms with Crippen LogP contribution in [0.15, 0.2) is 18.2 Å². The molecule has 1 saturated heterocycles. The molecule has 2 aliphatic heterocycles. The second kappa shape index (κ2) is 6.25. The Morgan fingerprint density at radius 2 is 1.88 bits per heavy atom. The maximum absolute atomic E-state index is 12.8. The average Bonchev–Trinajstić information content (AvgIpc) is 2.53. The molecule has 1 fully saturated rings. The molecule has 0 bridgehead atoms. The standard InChI is InChI=1S/C16H23N3O4S/c1-12-4-5-14-13(10-12)19(24(3,21)22)11-15(23-14)16(20)18-8-6-17(2)7-9-18/h4-5,10,15H,6-9,11H2,1-3H3. The highest BCUT2D eigenvalue weighted by Gasteiger charge is 2.37. The summed E-state index contributed by atoms with van der Waals surface area (Å²) in [5.41, 5.74) is 1.44. The number of anilines is 1. The van der Waals surface area contributed by atoms with Gasteiger partial charge in [-0.3, -0.25) is 9.10 Å². The van der Waals surface area contributed by atoms with Crippen LogP contribution in [0.5, 0.6) is 5.75 Å². The summed E-state index contributed by atoms with van der Waals surface area (Å²) in [6.45, 7) is 4.79. The summed E-state index contributed by atoms with van der Waals surface area (Å²) >= 11 is 0. The molecule has 0 spiro atoms. The van der Waals surface area contributed by atoms with Crippen LogP contribution in [-0.4, -0.2) is 76.3 Å². The van der Waals surface area contributed by atoms with Crippen molar-refractivity contribution in [1.29, 1.82) is 0 Å². The van der Waals surface area contributed by atoms with E-state index in [1.165, 1.54) is 4.31 Å². The number of hydrogen-bond donors (Lipinski definition) is 0. The molecule has 132 valence electrons. The van der Waals surface area contributed by atoms with Gasteiger partial charge in [-0.05, 0) is 31.7 Å². The van der Waals surface area contributed by atoms with E-state index in [2.05, 4.69) is 4.90 Å². The lowest BCUT2D eigenvalue weighted by Crippen LogP contribution is -2.55. The number of hydrogen-bond acceptors (Lipinski definition) is 5. The van der Waals surface area contributed by atoms with Crippen molar-refractivity contribution in [1.82, 2.24) is 9.80 Å². The number of likely N-dealkylation sites (N-methyl/N-ethyl adjacent to an activating group) is 1. The van der Waals surface area contributed by atoms with E-state index in [9.17, 15) is 13.2 Å². The third kappa shape index (κ3) is 3.34. The molecule has 2 heterocycles. The van der Waals surface area contributed by atoms with Crippen LogP contribution in [0.4, 0.5) is 5.69 Å². The Balaban J connectivity index is 1.87. The number of benzene rings is 1. The number of carbonyl (C=O) groups is 1. The van der Waals surface area contributed by atoms with Crippen molar-refractivity contribution in [3.8, 4) is 5.75 Å². The van der Waals surface area contributed by atoms with Crippen LogP contribution >= 0.6 is 0 Å². The molecule has 0 aliphatic carbocycles. The van der Waals surface area contributed by atoms with Crippen molar-refractivity contribution in [2.75, 3.05) is 50.3 Å². The van der Waals surface area contributed by atoms with E-state index in [-0.39, 0.29) is 12.5 Å². The minimum Gasteiger partial charge on any atom is -0.476 e. The average molecular weight is 353 g/mol. The first-order chi connectivity index (χ1) is 11.3. The van der Waals surface area contributed by atoms with Gasteiger partial charge in [0.2, 0.25) is 10.0 Å². The van der Waals surface area contributed by atoms with E-state index in [1.807, 2.05) is 20.0 Å². The van der Waals surface area contributed by atoms with Crippen LogP contribution in [0.1, 0.15) is 5.56 Å². The van der Waals surface area contributed by atoms with E-state index in [1.54, 1.807) is 17.0 Å². The molecule has 0 N–H and O–H groups in total. The minimum atomic E-state index is -3.49. The first-order valence-electron chi connectivity index (χ1n) is 7.98. The number of nitrogens with zero attached hydrogens (tertiary/aromatic N) is 3. The highest BCUT2D eigenvalue weighted by Crippen LogP contribution is 2.36. The number of carbonyl (C=O) groups excluding carboxylic acids is 1. The summed E-state index contributed by atoms with van der Waals surface area (Å²) in [4.78, 5) is 16.7. The van der Waals surface area contributed by atoms with Gasteiger partial charge in [0.05, 0.1) is 18.5 Å². The number of fused-ring (bicyclic) bond motifs is 1. The number of rotatable bonds is 2. The van der Waals surface area contributed by atoms with Gasteiger partial charge in [-0.2, -0.15) is 0 Å². The zero-order valence-electron chi connectivity index (χ0n) is 14.2. The number of ether oxygens (including phenoxy) is 1. The van der Waals surface area contributed by atoms with Crippen LogP contribution in [0, 0.1) is 6.92 Å². The molecule has 1 aromatic rings. The van der Waals surface area contributed by atoms with Gasteiger partial charge in [-0.1, -0.05) is 6.07 Å². The number of aryl methyl sites for hydroxylation is 1. The third-order valence-corrected chi connectivity index (χ3v) is 5.62. The quantitative estimate of drug-likeness (QED) is 0.765. The van der Waals surface area contributed by atoms with E-state index in [0.717, 1.165) is 24.9 Å². The summed E-state index contributed by atoms with van der Waals surface area (Å²) in [6, 6.07) is 5.35. The largest absolute Gasteiger partial charge is 0.476 e. The molecule has 1 atom stereocenters. The second-order valence-electron chi connectivity index (χ2n) is 6.50. The van der Waals surface area contributed by atoms with Crippen LogP contribution < -0.4 is 9.04 Å². The van der Waals surface area contributed by atoms with Crippen molar-refractivity contribution in [2.24, 2.45) is 0 Å². The summed E-state index contributed by atoms with van der Waals surface area (Å²) in [5.74, 6) is 0.285. The Morgan fingerprint density at radius 1 is 1.21 bits per heavy atom. The van der Waals surface area contributed by atoms with Crippen LogP contribution in [0.25, 0.3) is 0 Å². The third-order valence-electron chi connectivity index (χ3n) is 4.47. The molecule has 1 aromatic carbocycles. The topological polar surface area (TPSA) is 70.2 Å². The molecule has 0 saturated carbocycles. The first kappa shape index (κ1) is 17.0. The molecule has 1 amide bonds. The monoisotopic (exact) mass is 353 g/mol. The van der Waals surface area contributed by atoms with E-state index in [0.29, 0.717) is 24.5 Å². The van der Waals surface area contributed by atoms with Crippen molar-refractivity contribution in [3.05, 3.63) is 23.8 Å². The van der Waals surface area contributed by atoms with E-state index in [4.69, 9.17) is 4.74 Å². The zero-order chi connectivity index (χ0) is 17.5. The van der Waals surface area contributed by atoms with Crippen LogP contribution in [0.3, 0.4) is 0 Å². The lowest BCUT2D eigenvalue weighted by Gasteiger charge is -2.38. The molecule has 8 heteroatoms. The number of piperazine rings is 1. The predicted molar refractivity (Wildman–Crippen MR) is 91.9 cm³/mol. The Kier molecular flexibility index (Phi) is 4.44. The first-order valence-corrected chi connectivity index (χ1v) is 9.83. The Morgan fingerprint density at radius 3 is 2.50 bits per heavy atom. The van der Waals surface area contributed by atoms with Gasteiger partial charge < -0.3 is 14.5 Å². The molecule has 0 aromatic heterocycles. The fourth-order valence-electron chi connectivity index (χ4n) is 3.03. The van der Waals surface area contributed by atoms with Gasteiger partial charge >= 0.3 is 0 Å². The van der Waals surface area contributed by atoms with Gasteiger partial charge in [-0.15, -0.1) is 0 Å². The van der Waals surface area contributed by atoms with Crippen LogP contribution in [-0.2, 0) is 14.8 Å². The van der Waals surface area contributed by atoms with Crippen LogP contribution in [0.2, 0.25) is 0 Å². The maximum Gasteiger partial charge on any atom is 0.265 e. The smallest absolute Gasteiger partial charge is 0.265 e. The molecule has 3 rings (SSSR count). The Labute approximate surface area is 142 Å². The Bertz CT molecular complexity index is 742. The number of sulfonamides is 1. The molecule has 7 nitrogen and oxygen atoms in total. The van der Waals surface area contributed by atoms with Crippen molar-refractivity contribution in [3.63, 3.8) is 0 Å². The minimum absolute atomic E-state index is 0.0143. The molecule has 2 aliphatic rings. The molecule has 24 heavy (non-hydrogen) atoms. The fraction of sp³-hybridized carbons (Fsp3) is 0.562. The summed E-state index contributed by atoms with van der Waals surface area (Å²) in [6.07, 6.45) is 0.347. The van der Waals surface area contributed by atoms with E-state index < -0.39 is 16.1 Å². The summed E-state index contributed by atoms with van der Waals surface area (Å²) in [7, 11) is -1.47. The van der Waals surface area contributed by atoms with Gasteiger partial charge in [0.1, 0.15) is 5.75 Å². The van der Waals surface area contributed by atoms with Crippen molar-refractivity contribution < 1.29 is 17.9 Å². The van der Waals surface area contributed by atoms with Gasteiger partial charge in [0.15, 0.2) is 6.10 Å². The highest BCUT2D eigenvalue weighted by molar-refractivity contribution is 7.92. The predicted octanol–water partition coefficient (Wildman–Crippen LogP) is 0.296. The van der Waals surface area contributed by atoms with Gasteiger partial charge in [0, 0.05) is 26.2 Å². The summed E-state index contributed by atoms with van der Waals surface area (Å²) in [5, 5.41) is 0. The molecular weight excluding hydrogens is 330 g/mol. The Hall–Kier alpha value is -1.80. The van der Waals surface area contributed by atoms with Gasteiger partial charge in [-0.25, -0.2) is 8.42 Å². The molecular formula is C16H23N3O4S. The second-order valence-corrected chi connectivity index (χ2v) is 8.41. The van der Waals surface area contributed by atoms with Gasteiger partial charge in [0.25, 0.3) is 5.91 Å².